The van der Waals surface area contributed by atoms with Crippen LogP contribution in [0.25, 0.3) is 37.2 Å². The molecule has 0 radical (unpaired) electrons. The Kier molecular flexibility index (Phi) is 13.4. The number of thiazole rings is 1. The molecule has 3 aromatic carbocycles. The van der Waals surface area contributed by atoms with Gasteiger partial charge in [-0.15, -0.1) is 11.3 Å². The largest absolute Gasteiger partial charge is 0.334 e. The highest BCUT2D eigenvalue weighted by Gasteiger charge is 2.29. The van der Waals surface area contributed by atoms with E-state index < -0.39 is 20.2 Å². The van der Waals surface area contributed by atoms with Crippen LogP contribution in [0.15, 0.2) is 81.6 Å². The molecule has 6 rings (SSSR count). The Morgan fingerprint density at radius 2 is 1.55 bits per heavy atom. The fourth-order valence-electron chi connectivity index (χ4n) is 6.19. The van der Waals surface area contributed by atoms with Crippen LogP contribution in [0, 0.1) is 0 Å². The van der Waals surface area contributed by atoms with Crippen LogP contribution in [-0.2, 0) is 26.8 Å². The van der Waals surface area contributed by atoms with Gasteiger partial charge in [-0.25, -0.2) is 0 Å². The first-order valence-corrected chi connectivity index (χ1v) is 22.9. The number of aromatic nitrogens is 1. The van der Waals surface area contributed by atoms with E-state index in [1.165, 1.54) is 19.6 Å². The van der Waals surface area contributed by atoms with Crippen molar-refractivity contribution in [3.63, 3.8) is 0 Å². The van der Waals surface area contributed by atoms with Crippen molar-refractivity contribution < 1.29 is 30.5 Å². The SMILES string of the molecule is CCC(/C=C1\Sc2ccc3ccsc3c2N1CCCS(=O)(=O)O)=C\c1sc2ccc3ccccc3c2[n+]1CCCS(=O)(=O)O.CCN(CC)CC. The van der Waals surface area contributed by atoms with E-state index in [-0.39, 0.29) is 24.3 Å². The van der Waals surface area contributed by atoms with Gasteiger partial charge in [-0.2, -0.15) is 21.4 Å². The highest BCUT2D eigenvalue weighted by molar-refractivity contribution is 8.03. The molecule has 5 aromatic rings. The van der Waals surface area contributed by atoms with Crippen LogP contribution >= 0.6 is 34.4 Å². The van der Waals surface area contributed by atoms with Gasteiger partial charge >= 0.3 is 0 Å². The van der Waals surface area contributed by atoms with Crippen molar-refractivity contribution in [3.05, 3.63) is 81.7 Å². The number of rotatable bonds is 14. The summed E-state index contributed by atoms with van der Waals surface area (Å²) in [5.41, 5.74) is 3.16. The smallest absolute Gasteiger partial charge is 0.265 e. The van der Waals surface area contributed by atoms with Crippen LogP contribution in [-0.4, -0.2) is 68.5 Å². The Morgan fingerprint density at radius 3 is 2.22 bits per heavy atom. The minimum absolute atomic E-state index is 0.269. The first kappa shape index (κ1) is 39.4. The molecule has 0 fully saturated rings. The van der Waals surface area contributed by atoms with E-state index in [0.717, 1.165) is 63.7 Å². The molecule has 3 heterocycles. The second-order valence-electron chi connectivity index (χ2n) is 12.2. The third-order valence-corrected chi connectivity index (χ3v) is 13.6. The summed E-state index contributed by atoms with van der Waals surface area (Å²) in [6, 6.07) is 18.6. The van der Waals surface area contributed by atoms with Gasteiger partial charge in [0, 0.05) is 23.9 Å². The second-order valence-corrected chi connectivity index (χ2v) is 18.4. The summed E-state index contributed by atoms with van der Waals surface area (Å²) in [5, 5.41) is 7.31. The van der Waals surface area contributed by atoms with Crippen LogP contribution < -0.4 is 9.47 Å². The van der Waals surface area contributed by atoms with Crippen LogP contribution in [0.3, 0.4) is 0 Å². The highest BCUT2D eigenvalue weighted by Crippen LogP contribution is 2.51. The first-order chi connectivity index (χ1) is 24.4. The molecule has 51 heavy (non-hydrogen) atoms. The van der Waals surface area contributed by atoms with Gasteiger partial charge in [0.2, 0.25) is 5.52 Å². The Labute approximate surface area is 313 Å². The predicted octanol–water partition coefficient (Wildman–Crippen LogP) is 8.71. The zero-order chi connectivity index (χ0) is 36.8. The normalized spacial score (nSPS) is 14.6. The van der Waals surface area contributed by atoms with Gasteiger partial charge in [-0.1, -0.05) is 81.1 Å². The third-order valence-electron chi connectivity index (χ3n) is 8.86. The molecule has 0 amide bonds. The van der Waals surface area contributed by atoms with Crippen molar-refractivity contribution in [1.29, 1.82) is 0 Å². The van der Waals surface area contributed by atoms with Gasteiger partial charge in [-0.3, -0.25) is 9.11 Å². The number of nitrogens with zero attached hydrogens (tertiary/aromatic N) is 3. The summed E-state index contributed by atoms with van der Waals surface area (Å²) in [6.45, 7) is 13.1. The fourth-order valence-corrected chi connectivity index (χ4v) is 10.6. The van der Waals surface area contributed by atoms with Gasteiger partial charge in [0.25, 0.3) is 25.2 Å². The number of thioether (sulfide) groups is 1. The number of allylic oxidation sites excluding steroid dienone is 2. The highest BCUT2D eigenvalue weighted by atomic mass is 32.2. The average Bonchev–Trinajstić information content (AvgIpc) is 3.80. The van der Waals surface area contributed by atoms with E-state index in [1.807, 2.05) is 12.1 Å². The lowest BCUT2D eigenvalue weighted by atomic mass is 10.1. The Bertz CT molecular complexity index is 2270. The Morgan fingerprint density at radius 1 is 0.863 bits per heavy atom. The lowest BCUT2D eigenvalue weighted by Gasteiger charge is -2.21. The molecule has 0 unspecified atom stereocenters. The van der Waals surface area contributed by atoms with E-state index in [1.54, 1.807) is 34.4 Å². The van der Waals surface area contributed by atoms with Gasteiger partial charge in [0.1, 0.15) is 4.70 Å². The molecule has 0 saturated carbocycles. The van der Waals surface area contributed by atoms with Gasteiger partial charge in [0.15, 0.2) is 6.54 Å². The zero-order valence-corrected chi connectivity index (χ0v) is 33.5. The minimum Gasteiger partial charge on any atom is -0.334 e. The predicted molar refractivity (Wildman–Crippen MR) is 216 cm³/mol. The number of fused-ring (bicyclic) bond motifs is 6. The maximum absolute atomic E-state index is 11.5. The van der Waals surface area contributed by atoms with Crippen molar-refractivity contribution in [2.45, 2.75) is 58.4 Å². The van der Waals surface area contributed by atoms with E-state index in [0.29, 0.717) is 13.1 Å². The van der Waals surface area contributed by atoms with Crippen molar-refractivity contribution in [2.24, 2.45) is 0 Å². The maximum atomic E-state index is 11.5. The number of anilines is 1. The first-order valence-electron chi connectivity index (χ1n) is 17.2. The van der Waals surface area contributed by atoms with Gasteiger partial charge in [-0.05, 0) is 84.5 Å². The molecule has 0 bridgehead atoms. The van der Waals surface area contributed by atoms with Crippen LogP contribution in [0.4, 0.5) is 5.69 Å². The van der Waals surface area contributed by atoms with Crippen LogP contribution in [0.2, 0.25) is 0 Å². The molecule has 2 aromatic heterocycles. The Hall–Kier alpha value is -2.82. The van der Waals surface area contributed by atoms with Crippen LogP contribution in [0.5, 0.6) is 0 Å². The third kappa shape index (κ3) is 9.99. The molecule has 1 aliphatic rings. The van der Waals surface area contributed by atoms with Gasteiger partial charge in [0.05, 0.1) is 32.3 Å². The lowest BCUT2D eigenvalue weighted by molar-refractivity contribution is -0.667. The molecule has 0 aliphatic carbocycles. The molecule has 0 saturated heterocycles. The monoisotopic (exact) mass is 788 g/mol. The van der Waals surface area contributed by atoms with Crippen molar-refractivity contribution >= 4 is 97.5 Å². The summed E-state index contributed by atoms with van der Waals surface area (Å²) in [7, 11) is -8.16. The standard InChI is InChI=1S/C31H30N2O6S5.C6H15N/c1-2-21(20-28-33(15-6-18-44(37,38)39)30-26(42-28)12-10-23-13-16-40-31(23)30)19-27-32(14-5-17-43(34,35)36)29-24-8-4-3-7-22(24)9-11-25(29)41-27;1-4-7(5-2)6-3/h3-4,7-13,16,19-20H,2,5-6,14-15,17-18H2,1H3,(H-,34,35,36,37,38,39);4-6H2,1-3H3/p+1. The number of thiophene rings is 1. The molecule has 0 atom stereocenters. The summed E-state index contributed by atoms with van der Waals surface area (Å²) in [6.07, 6.45) is 5.56. The van der Waals surface area contributed by atoms with E-state index >= 15 is 0 Å². The lowest BCUT2D eigenvalue weighted by Crippen LogP contribution is -2.36. The molecule has 0 spiro atoms. The summed E-state index contributed by atoms with van der Waals surface area (Å²) >= 11 is 4.94. The van der Waals surface area contributed by atoms with Crippen molar-refractivity contribution in [3.8, 4) is 0 Å². The average molecular weight is 789 g/mol. The van der Waals surface area contributed by atoms with E-state index in [4.69, 9.17) is 0 Å². The number of hydrogen-bond donors (Lipinski definition) is 2. The molecular formula is C37H46N3O6S5+. The Balaban J connectivity index is 0.000000654. The molecule has 9 nitrogen and oxygen atoms in total. The van der Waals surface area contributed by atoms with Crippen molar-refractivity contribution in [2.75, 3.05) is 42.6 Å². The number of aryl methyl sites for hydroxylation is 1. The number of benzene rings is 3. The second kappa shape index (κ2) is 17.3. The molecular weight excluding hydrogens is 743 g/mol. The van der Waals surface area contributed by atoms with E-state index in [9.17, 15) is 25.9 Å². The van der Waals surface area contributed by atoms with Crippen molar-refractivity contribution in [1.82, 2.24) is 4.90 Å². The van der Waals surface area contributed by atoms with E-state index in [2.05, 4.69) is 102 Å². The fraction of sp³-hybridized carbons (Fsp3) is 0.378. The summed E-state index contributed by atoms with van der Waals surface area (Å²) < 4.78 is 69.2. The quantitative estimate of drug-likeness (QED) is 0.0842. The summed E-state index contributed by atoms with van der Waals surface area (Å²) in [4.78, 5) is 5.63. The zero-order valence-electron chi connectivity index (χ0n) is 29.4. The van der Waals surface area contributed by atoms with Crippen LogP contribution in [0.1, 0.15) is 52.0 Å². The topological polar surface area (TPSA) is 119 Å². The molecule has 2 N–H and O–H groups in total. The summed E-state index contributed by atoms with van der Waals surface area (Å²) in [5.74, 6) is -0.631. The molecule has 274 valence electrons. The van der Waals surface area contributed by atoms with Gasteiger partial charge < -0.3 is 9.80 Å². The molecule has 1 aliphatic heterocycles. The maximum Gasteiger partial charge on any atom is 0.265 e. The number of hydrogen-bond acceptors (Lipinski definition) is 9. The molecule has 14 heteroatoms. The minimum atomic E-state index is -4.09.